The monoisotopic (exact) mass is 481 g/mol. The summed E-state index contributed by atoms with van der Waals surface area (Å²) in [7, 11) is -2.49. The van der Waals surface area contributed by atoms with Gasteiger partial charge in [-0.25, -0.2) is 12.8 Å². The highest BCUT2D eigenvalue weighted by atomic mass is 35.5. The second-order valence-corrected chi connectivity index (χ2v) is 11.4. The van der Waals surface area contributed by atoms with Crippen LogP contribution in [0.5, 0.6) is 5.75 Å². The highest BCUT2D eigenvalue weighted by molar-refractivity contribution is 7.92. The van der Waals surface area contributed by atoms with Gasteiger partial charge in [0.05, 0.1) is 27.9 Å². The molecule has 172 valence electrons. The molecule has 3 unspecified atom stereocenters. The van der Waals surface area contributed by atoms with E-state index in [0.717, 1.165) is 12.8 Å². The largest absolute Gasteiger partial charge is 0.494 e. The lowest BCUT2D eigenvalue weighted by molar-refractivity contribution is -0.0413. The van der Waals surface area contributed by atoms with Gasteiger partial charge in [-0.3, -0.25) is 4.79 Å². The van der Waals surface area contributed by atoms with Crippen LogP contribution in [0.3, 0.4) is 0 Å². The minimum atomic E-state index is -3.81. The Morgan fingerprint density at radius 3 is 2.47 bits per heavy atom. The molecule has 6 nitrogen and oxygen atoms in total. The van der Waals surface area contributed by atoms with Gasteiger partial charge in [0.15, 0.2) is 21.4 Å². The molecule has 4 rings (SSSR count). The maximum Gasteiger partial charge on any atom is 0.255 e. The van der Waals surface area contributed by atoms with Crippen LogP contribution < -0.4 is 10.1 Å². The summed E-state index contributed by atoms with van der Waals surface area (Å²) in [5.74, 6) is -1.28. The number of anilines is 1. The fourth-order valence-electron chi connectivity index (χ4n) is 5.00. The zero-order chi connectivity index (χ0) is 23.3. The number of amides is 1. The van der Waals surface area contributed by atoms with Crippen molar-refractivity contribution in [1.29, 1.82) is 0 Å². The van der Waals surface area contributed by atoms with Crippen LogP contribution in [-0.4, -0.2) is 37.4 Å². The summed E-state index contributed by atoms with van der Waals surface area (Å²) in [6.45, 7) is 1.79. The minimum absolute atomic E-state index is 0.0232. The third-order valence-corrected chi connectivity index (χ3v) is 9.61. The van der Waals surface area contributed by atoms with Crippen molar-refractivity contribution in [1.82, 2.24) is 0 Å². The van der Waals surface area contributed by atoms with Gasteiger partial charge in [-0.2, -0.15) is 0 Å². The normalized spacial score (nSPS) is 27.2. The van der Waals surface area contributed by atoms with Crippen molar-refractivity contribution in [2.75, 3.05) is 12.4 Å². The van der Waals surface area contributed by atoms with Crippen molar-refractivity contribution in [2.45, 2.75) is 48.4 Å². The number of hydrogen-bond donors (Lipinski definition) is 2. The van der Waals surface area contributed by atoms with E-state index < -0.39 is 32.4 Å². The van der Waals surface area contributed by atoms with Crippen LogP contribution in [0.1, 0.15) is 43.0 Å². The second kappa shape index (κ2) is 8.32. The summed E-state index contributed by atoms with van der Waals surface area (Å²) in [4.78, 5) is 12.7. The molecule has 4 atom stereocenters. The number of fused-ring (bicyclic) bond motifs is 2. The number of rotatable bonds is 5. The van der Waals surface area contributed by atoms with Gasteiger partial charge >= 0.3 is 0 Å². The number of aliphatic hydroxyl groups is 1. The first-order chi connectivity index (χ1) is 15.0. The van der Waals surface area contributed by atoms with Crippen molar-refractivity contribution in [2.24, 2.45) is 11.8 Å². The third kappa shape index (κ3) is 4.00. The number of benzene rings is 2. The number of nitrogens with one attached hydrogen (secondary N) is 1. The molecule has 0 radical (unpaired) electrons. The Labute approximate surface area is 191 Å². The van der Waals surface area contributed by atoms with Gasteiger partial charge < -0.3 is 15.2 Å². The number of methoxy groups -OCH3 is 1. The van der Waals surface area contributed by atoms with Gasteiger partial charge in [0.25, 0.3) is 5.91 Å². The number of carbonyl (C=O) groups excluding carboxylic acids is 1. The first-order valence-electron chi connectivity index (χ1n) is 10.4. The Kier molecular flexibility index (Phi) is 5.98. The summed E-state index contributed by atoms with van der Waals surface area (Å²) in [5.41, 5.74) is -0.422. The van der Waals surface area contributed by atoms with Gasteiger partial charge in [-0.05, 0) is 74.8 Å². The van der Waals surface area contributed by atoms with E-state index in [4.69, 9.17) is 16.3 Å². The fraction of sp³-hybridized carbons (Fsp3) is 0.435. The first kappa shape index (κ1) is 23.0. The van der Waals surface area contributed by atoms with Crippen LogP contribution in [0.4, 0.5) is 10.1 Å². The SMILES string of the molecule is COc1cc(NC(=O)c2ccc(Cl)c(S(=O)(=O)C3CC4CC[C@@H](C3)C4(C)O)c2)ccc1F. The molecule has 1 amide bonds. The molecule has 0 aromatic heterocycles. The molecule has 0 saturated heterocycles. The lowest BCUT2D eigenvalue weighted by atomic mass is 9.76. The average Bonchev–Trinajstić information content (AvgIpc) is 2.92. The molecule has 2 aromatic carbocycles. The predicted molar refractivity (Wildman–Crippen MR) is 119 cm³/mol. The lowest BCUT2D eigenvalue weighted by Gasteiger charge is -2.40. The smallest absolute Gasteiger partial charge is 0.255 e. The second-order valence-electron chi connectivity index (χ2n) is 8.78. The molecule has 9 heteroatoms. The van der Waals surface area contributed by atoms with Gasteiger partial charge in [0.2, 0.25) is 0 Å². The molecule has 2 aliphatic rings. The number of ether oxygens (including phenoxy) is 1. The number of halogens is 2. The molecule has 2 bridgehead atoms. The van der Waals surface area contributed by atoms with E-state index in [2.05, 4.69) is 5.32 Å². The summed E-state index contributed by atoms with van der Waals surface area (Å²) < 4.78 is 45.4. The van der Waals surface area contributed by atoms with Crippen LogP contribution in [0, 0.1) is 17.7 Å². The van der Waals surface area contributed by atoms with Crippen molar-refractivity contribution in [3.8, 4) is 5.75 Å². The maximum absolute atomic E-state index is 13.6. The number of sulfone groups is 1. The van der Waals surface area contributed by atoms with E-state index >= 15 is 0 Å². The molecule has 2 N–H and O–H groups in total. The molecule has 0 spiro atoms. The molecular weight excluding hydrogens is 457 g/mol. The molecule has 2 aliphatic carbocycles. The maximum atomic E-state index is 13.6. The van der Waals surface area contributed by atoms with Gasteiger partial charge in [0.1, 0.15) is 0 Å². The quantitative estimate of drug-likeness (QED) is 0.658. The van der Waals surface area contributed by atoms with Crippen LogP contribution in [0.15, 0.2) is 41.3 Å². The number of carbonyl (C=O) groups is 1. The summed E-state index contributed by atoms with van der Waals surface area (Å²) in [6, 6.07) is 7.99. The molecule has 0 aliphatic heterocycles. The Morgan fingerprint density at radius 2 is 1.84 bits per heavy atom. The molecular formula is C23H25ClFNO5S. The van der Waals surface area contributed by atoms with Crippen LogP contribution >= 0.6 is 11.6 Å². The Morgan fingerprint density at radius 1 is 1.19 bits per heavy atom. The number of hydrogen-bond acceptors (Lipinski definition) is 5. The Hall–Kier alpha value is -2.16. The fourth-order valence-corrected chi connectivity index (χ4v) is 7.40. The zero-order valence-electron chi connectivity index (χ0n) is 17.8. The van der Waals surface area contributed by atoms with Gasteiger partial charge in [0, 0.05) is 17.3 Å². The molecule has 0 heterocycles. The lowest BCUT2D eigenvalue weighted by Crippen LogP contribution is -2.45. The highest BCUT2D eigenvalue weighted by Gasteiger charge is 2.53. The van der Waals surface area contributed by atoms with E-state index in [1.54, 1.807) is 6.92 Å². The van der Waals surface area contributed by atoms with Crippen molar-refractivity contribution >= 4 is 33.0 Å². The summed E-state index contributed by atoms with van der Waals surface area (Å²) in [6.07, 6.45) is 2.35. The van der Waals surface area contributed by atoms with E-state index in [-0.39, 0.29) is 33.1 Å². The third-order valence-electron chi connectivity index (χ3n) is 6.96. The first-order valence-corrected chi connectivity index (χ1v) is 12.4. The van der Waals surface area contributed by atoms with E-state index in [0.29, 0.717) is 18.5 Å². The van der Waals surface area contributed by atoms with Crippen molar-refractivity contribution in [3.63, 3.8) is 0 Å². The van der Waals surface area contributed by atoms with Crippen molar-refractivity contribution in [3.05, 3.63) is 52.8 Å². The van der Waals surface area contributed by atoms with Gasteiger partial charge in [-0.15, -0.1) is 0 Å². The van der Waals surface area contributed by atoms with E-state index in [9.17, 15) is 22.7 Å². The van der Waals surface area contributed by atoms with E-state index in [1.165, 1.54) is 43.5 Å². The van der Waals surface area contributed by atoms with Gasteiger partial charge in [-0.1, -0.05) is 11.6 Å². The zero-order valence-corrected chi connectivity index (χ0v) is 19.3. The standard InChI is InChI=1S/C23H25ClFNO5S/c1-23(28)14-4-5-15(23)11-17(10-14)32(29,30)21-9-13(3-7-18(21)24)22(27)26-16-6-8-19(25)20(12-16)31-2/h3,6-9,12,14-15,17,28H,4-5,10-11H2,1-2H3,(H,26,27)/t14-,15?,17?,23?/m0/s1. The Balaban J connectivity index is 1.59. The molecule has 2 fully saturated rings. The van der Waals surface area contributed by atoms with E-state index in [1.807, 2.05) is 0 Å². The minimum Gasteiger partial charge on any atom is -0.494 e. The molecule has 2 aromatic rings. The Bertz CT molecular complexity index is 1150. The topological polar surface area (TPSA) is 92.7 Å². The molecule has 2 saturated carbocycles. The summed E-state index contributed by atoms with van der Waals surface area (Å²) in [5, 5.41) is 12.7. The van der Waals surface area contributed by atoms with Crippen LogP contribution in [0.2, 0.25) is 5.02 Å². The average molecular weight is 482 g/mol. The van der Waals surface area contributed by atoms with Crippen LogP contribution in [0.25, 0.3) is 0 Å². The predicted octanol–water partition coefficient (Wildman–Crippen LogP) is 4.45. The highest BCUT2D eigenvalue weighted by Crippen LogP contribution is 2.51. The summed E-state index contributed by atoms with van der Waals surface area (Å²) >= 11 is 6.25. The van der Waals surface area contributed by atoms with Crippen LogP contribution in [-0.2, 0) is 9.84 Å². The van der Waals surface area contributed by atoms with Crippen molar-refractivity contribution < 1.29 is 27.4 Å². The molecule has 32 heavy (non-hydrogen) atoms.